The van der Waals surface area contributed by atoms with Gasteiger partial charge in [0.25, 0.3) is 5.91 Å². The lowest BCUT2D eigenvalue weighted by atomic mass is 9.95. The Morgan fingerprint density at radius 2 is 1.57 bits per heavy atom. The fourth-order valence-electron chi connectivity index (χ4n) is 7.29. The van der Waals surface area contributed by atoms with E-state index in [0.717, 1.165) is 111 Å². The summed E-state index contributed by atoms with van der Waals surface area (Å²) in [5.74, 6) is 0.384. The molecule has 2 amide bonds. The highest BCUT2D eigenvalue weighted by Gasteiger charge is 2.43. The van der Waals surface area contributed by atoms with Gasteiger partial charge in [-0.2, -0.15) is 0 Å². The lowest BCUT2D eigenvalue weighted by Gasteiger charge is -2.47. The van der Waals surface area contributed by atoms with Gasteiger partial charge in [0.05, 0.1) is 25.7 Å². The molecule has 3 atom stereocenters. The van der Waals surface area contributed by atoms with E-state index in [-0.39, 0.29) is 23.9 Å². The van der Waals surface area contributed by atoms with Gasteiger partial charge in [-0.1, -0.05) is 68.3 Å². The zero-order valence-electron chi connectivity index (χ0n) is 26.5. The van der Waals surface area contributed by atoms with E-state index >= 15 is 0 Å². The number of para-hydroxylation sites is 1. The molecule has 2 aromatic carbocycles. The van der Waals surface area contributed by atoms with Crippen molar-refractivity contribution in [3.05, 3.63) is 65.2 Å². The average Bonchev–Trinajstić information content (AvgIpc) is 3.01. The molecule has 0 radical (unpaired) electrons. The maximum Gasteiger partial charge on any atom is 0.282 e. The van der Waals surface area contributed by atoms with Gasteiger partial charge in [-0.15, -0.1) is 0 Å². The number of benzene rings is 2. The molecule has 3 unspecified atom stereocenters. The molecular weight excluding hydrogens is 520 g/mol. The minimum atomic E-state index is -0.00883. The molecule has 2 aliphatic heterocycles. The van der Waals surface area contributed by atoms with Gasteiger partial charge >= 0.3 is 0 Å². The predicted molar refractivity (Wildman–Crippen MR) is 173 cm³/mol. The lowest BCUT2D eigenvalue weighted by molar-refractivity contribution is -0.947. The number of likely N-dealkylation sites (tertiary alicyclic amines) is 2. The van der Waals surface area contributed by atoms with Crippen molar-refractivity contribution in [1.82, 2.24) is 10.2 Å². The maximum absolute atomic E-state index is 13.8. The van der Waals surface area contributed by atoms with Crippen molar-refractivity contribution < 1.29 is 14.1 Å². The molecule has 6 nitrogen and oxygen atoms in total. The number of unbranched alkanes of at least 4 members (excludes halogenated alkanes) is 3. The van der Waals surface area contributed by atoms with Crippen molar-refractivity contribution in [3.63, 3.8) is 0 Å². The first-order chi connectivity index (χ1) is 20.4. The van der Waals surface area contributed by atoms with Gasteiger partial charge < -0.3 is 15.1 Å². The van der Waals surface area contributed by atoms with E-state index < -0.39 is 0 Å². The summed E-state index contributed by atoms with van der Waals surface area (Å²) in [6.45, 7) is 12.3. The van der Waals surface area contributed by atoms with Crippen molar-refractivity contribution >= 4 is 17.5 Å². The third kappa shape index (κ3) is 8.67. The van der Waals surface area contributed by atoms with Crippen LogP contribution in [0.1, 0.15) is 94.2 Å². The molecule has 230 valence electrons. The zero-order valence-corrected chi connectivity index (χ0v) is 26.5. The van der Waals surface area contributed by atoms with Gasteiger partial charge in [-0.3, -0.25) is 14.5 Å². The number of nitrogens with one attached hydrogen (secondary N) is 2. The highest BCUT2D eigenvalue weighted by Crippen LogP contribution is 2.30. The van der Waals surface area contributed by atoms with Crippen LogP contribution in [0, 0.1) is 13.8 Å². The van der Waals surface area contributed by atoms with Crippen molar-refractivity contribution in [3.8, 4) is 0 Å². The number of hydrogen-bond acceptors (Lipinski definition) is 3. The van der Waals surface area contributed by atoms with Gasteiger partial charge in [0.2, 0.25) is 5.91 Å². The summed E-state index contributed by atoms with van der Waals surface area (Å²) in [5.41, 5.74) is 4.41. The largest absolute Gasteiger partial charge is 0.351 e. The Balaban J connectivity index is 1.31. The van der Waals surface area contributed by atoms with Gasteiger partial charge in [0, 0.05) is 18.7 Å². The van der Waals surface area contributed by atoms with Crippen molar-refractivity contribution in [1.29, 1.82) is 0 Å². The van der Waals surface area contributed by atoms with Crippen molar-refractivity contribution in [2.24, 2.45) is 0 Å². The van der Waals surface area contributed by atoms with Crippen LogP contribution in [0.3, 0.4) is 0 Å². The smallest absolute Gasteiger partial charge is 0.282 e. The Kier molecular flexibility index (Phi) is 12.4. The fourth-order valence-corrected chi connectivity index (χ4v) is 7.29. The van der Waals surface area contributed by atoms with Crippen LogP contribution in [-0.2, 0) is 16.1 Å². The van der Waals surface area contributed by atoms with Gasteiger partial charge in [0.15, 0.2) is 6.04 Å². The topological polar surface area (TPSA) is 61.4 Å². The molecule has 6 heteroatoms. The Labute approximate surface area is 254 Å². The molecule has 42 heavy (non-hydrogen) atoms. The maximum atomic E-state index is 13.8. The molecule has 2 heterocycles. The Morgan fingerprint density at radius 1 is 0.833 bits per heavy atom. The van der Waals surface area contributed by atoms with E-state index in [1.165, 1.54) is 19.3 Å². The monoisotopic (exact) mass is 575 g/mol. The SMILES string of the molecule is CCCC[N+]1(CCCCCN2CCCCC2C(=O)NCc2ccccc2)CCCCC1C(=O)Nc1c(C)cccc1C. The normalized spacial score (nSPS) is 22.9. The first-order valence-corrected chi connectivity index (χ1v) is 16.7. The van der Waals surface area contributed by atoms with Gasteiger partial charge in [0.1, 0.15) is 0 Å². The highest BCUT2D eigenvalue weighted by molar-refractivity contribution is 5.95. The summed E-state index contributed by atoms with van der Waals surface area (Å²) < 4.78 is 0.943. The third-order valence-corrected chi connectivity index (χ3v) is 9.76. The van der Waals surface area contributed by atoms with Crippen LogP contribution >= 0.6 is 0 Å². The molecule has 2 fully saturated rings. The second-order valence-electron chi connectivity index (χ2n) is 12.8. The molecule has 0 aliphatic carbocycles. The van der Waals surface area contributed by atoms with Crippen molar-refractivity contribution in [2.75, 3.05) is 38.0 Å². The Bertz CT molecular complexity index is 1120. The molecular formula is C36H55N4O2+. The van der Waals surface area contributed by atoms with E-state index in [0.29, 0.717) is 6.54 Å². The number of rotatable bonds is 14. The second kappa shape index (κ2) is 16.2. The third-order valence-electron chi connectivity index (χ3n) is 9.76. The molecule has 2 N–H and O–H groups in total. The molecule has 0 bridgehead atoms. The first-order valence-electron chi connectivity index (χ1n) is 16.7. The van der Waals surface area contributed by atoms with E-state index in [1.807, 2.05) is 18.2 Å². The quantitative estimate of drug-likeness (QED) is 0.193. The Morgan fingerprint density at radius 3 is 2.33 bits per heavy atom. The minimum Gasteiger partial charge on any atom is -0.351 e. The number of hydrogen-bond donors (Lipinski definition) is 2. The molecule has 0 spiro atoms. The second-order valence-corrected chi connectivity index (χ2v) is 12.8. The number of carbonyl (C=O) groups is 2. The number of nitrogens with zero attached hydrogens (tertiary/aromatic N) is 2. The molecule has 2 aromatic rings. The van der Waals surface area contributed by atoms with Crippen LogP contribution in [-0.4, -0.2) is 66.0 Å². The standard InChI is InChI=1S/C36H54N4O2/c1-4-5-25-40(27-15-11-22-33(40)36(42)38-34-29(2)17-16-18-30(34)3)26-14-7-12-23-39-24-13-10-21-32(39)35(41)37-28-31-19-8-6-9-20-31/h6,8-9,16-20,32-33H,4-5,7,10-15,21-28H2,1-3H3,(H-,37,38,41,42)/p+1. The molecule has 0 aromatic heterocycles. The number of amides is 2. The van der Waals surface area contributed by atoms with Crippen LogP contribution in [0.2, 0.25) is 0 Å². The van der Waals surface area contributed by atoms with E-state index in [2.05, 4.69) is 66.6 Å². The number of piperidine rings is 2. The number of anilines is 1. The molecule has 4 rings (SSSR count). The van der Waals surface area contributed by atoms with E-state index in [9.17, 15) is 9.59 Å². The molecule has 0 saturated carbocycles. The van der Waals surface area contributed by atoms with Crippen LogP contribution < -0.4 is 10.6 Å². The first kappa shape index (κ1) is 32.2. The van der Waals surface area contributed by atoms with Crippen molar-refractivity contribution in [2.45, 2.75) is 110 Å². The summed E-state index contributed by atoms with van der Waals surface area (Å²) in [5, 5.41) is 6.55. The highest BCUT2D eigenvalue weighted by atomic mass is 16.2. The number of aryl methyl sites for hydroxylation is 2. The summed E-state index contributed by atoms with van der Waals surface area (Å²) in [7, 11) is 0. The lowest BCUT2D eigenvalue weighted by Crippen LogP contribution is -2.63. The van der Waals surface area contributed by atoms with Gasteiger partial charge in [-0.05, 0) is 95.0 Å². The predicted octanol–water partition coefficient (Wildman–Crippen LogP) is 6.75. The minimum absolute atomic E-state index is 0.00883. The summed E-state index contributed by atoms with van der Waals surface area (Å²) in [4.78, 5) is 29.3. The van der Waals surface area contributed by atoms with Crippen LogP contribution in [0.5, 0.6) is 0 Å². The average molecular weight is 576 g/mol. The summed E-state index contributed by atoms with van der Waals surface area (Å²) in [6, 6.07) is 16.4. The number of quaternary nitrogens is 1. The molecule has 2 aliphatic rings. The number of carbonyl (C=O) groups excluding carboxylic acids is 2. The van der Waals surface area contributed by atoms with E-state index in [1.54, 1.807) is 0 Å². The van der Waals surface area contributed by atoms with Crippen LogP contribution in [0.4, 0.5) is 5.69 Å². The summed E-state index contributed by atoms with van der Waals surface area (Å²) >= 11 is 0. The van der Waals surface area contributed by atoms with Crippen LogP contribution in [0.25, 0.3) is 0 Å². The fraction of sp³-hybridized carbons (Fsp3) is 0.611. The van der Waals surface area contributed by atoms with Crippen LogP contribution in [0.15, 0.2) is 48.5 Å². The van der Waals surface area contributed by atoms with E-state index in [4.69, 9.17) is 0 Å². The molecule has 2 saturated heterocycles. The van der Waals surface area contributed by atoms with Gasteiger partial charge in [-0.25, -0.2) is 0 Å². The Hall–Kier alpha value is -2.70. The zero-order chi connectivity index (χ0) is 29.8. The summed E-state index contributed by atoms with van der Waals surface area (Å²) in [6.07, 6.45) is 12.3.